The average molecular weight is 198 g/mol. The smallest absolute Gasteiger partial charge is 0.223 e. The van der Waals surface area contributed by atoms with Gasteiger partial charge in [-0.1, -0.05) is 13.8 Å². The van der Waals surface area contributed by atoms with Crippen molar-refractivity contribution in [3.63, 3.8) is 0 Å². The zero-order chi connectivity index (χ0) is 10.4. The first-order valence-electron chi connectivity index (χ1n) is 5.72. The lowest BCUT2D eigenvalue weighted by molar-refractivity contribution is -0.132. The summed E-state index contributed by atoms with van der Waals surface area (Å²) in [5.74, 6) is 1.00. The van der Waals surface area contributed by atoms with Gasteiger partial charge in [-0.25, -0.2) is 0 Å². The molecule has 0 aromatic rings. The molecule has 0 spiro atoms. The average Bonchev–Trinajstić information content (AvgIpc) is 2.18. The molecule has 3 nitrogen and oxygen atoms in total. The molecule has 1 aliphatic rings. The second-order valence-corrected chi connectivity index (χ2v) is 4.19. The van der Waals surface area contributed by atoms with Crippen LogP contribution in [0.2, 0.25) is 0 Å². The van der Waals surface area contributed by atoms with Gasteiger partial charge < -0.3 is 10.2 Å². The number of hydrogen-bond acceptors (Lipinski definition) is 2. The highest BCUT2D eigenvalue weighted by Gasteiger charge is 2.19. The van der Waals surface area contributed by atoms with Crippen LogP contribution in [0.25, 0.3) is 0 Å². The van der Waals surface area contributed by atoms with Crippen molar-refractivity contribution in [2.75, 3.05) is 26.2 Å². The summed E-state index contributed by atoms with van der Waals surface area (Å²) in [5.41, 5.74) is 0. The Bertz CT molecular complexity index is 182. The van der Waals surface area contributed by atoms with E-state index in [-0.39, 0.29) is 0 Å². The number of likely N-dealkylation sites (tertiary alicyclic amines) is 1. The Morgan fingerprint density at radius 1 is 1.57 bits per heavy atom. The molecule has 1 saturated heterocycles. The van der Waals surface area contributed by atoms with Gasteiger partial charge in [0.15, 0.2) is 0 Å². The molecule has 1 heterocycles. The summed E-state index contributed by atoms with van der Waals surface area (Å²) in [7, 11) is 0. The Morgan fingerprint density at radius 3 is 3.00 bits per heavy atom. The fourth-order valence-corrected chi connectivity index (χ4v) is 1.95. The topological polar surface area (TPSA) is 32.3 Å². The first-order chi connectivity index (χ1) is 6.74. The van der Waals surface area contributed by atoms with E-state index in [4.69, 9.17) is 0 Å². The Kier molecular flexibility index (Phi) is 4.94. The first-order valence-corrected chi connectivity index (χ1v) is 5.72. The van der Waals surface area contributed by atoms with E-state index >= 15 is 0 Å². The Labute approximate surface area is 86.9 Å². The molecule has 0 radical (unpaired) electrons. The van der Waals surface area contributed by atoms with Crippen LogP contribution in [0.1, 0.15) is 33.1 Å². The van der Waals surface area contributed by atoms with Gasteiger partial charge in [0.25, 0.3) is 0 Å². The second kappa shape index (κ2) is 6.02. The quantitative estimate of drug-likeness (QED) is 0.689. The van der Waals surface area contributed by atoms with Crippen LogP contribution in [0.15, 0.2) is 0 Å². The molecule has 1 aliphatic heterocycles. The number of piperidine rings is 1. The molecular formula is C11H22N2O. The minimum atomic E-state index is 0.317. The highest BCUT2D eigenvalue weighted by molar-refractivity contribution is 5.76. The summed E-state index contributed by atoms with van der Waals surface area (Å²) in [6.07, 6.45) is 3.10. The summed E-state index contributed by atoms with van der Waals surface area (Å²) >= 11 is 0. The van der Waals surface area contributed by atoms with Crippen LogP contribution < -0.4 is 5.32 Å². The molecule has 0 aromatic carbocycles. The molecule has 0 aromatic heterocycles. The second-order valence-electron chi connectivity index (χ2n) is 4.19. The van der Waals surface area contributed by atoms with E-state index in [1.165, 1.54) is 12.8 Å². The van der Waals surface area contributed by atoms with Crippen LogP contribution in [0.4, 0.5) is 0 Å². The fourth-order valence-electron chi connectivity index (χ4n) is 1.95. The van der Waals surface area contributed by atoms with Gasteiger partial charge in [0, 0.05) is 26.1 Å². The minimum absolute atomic E-state index is 0.317. The van der Waals surface area contributed by atoms with Gasteiger partial charge in [0.05, 0.1) is 0 Å². The van der Waals surface area contributed by atoms with Gasteiger partial charge in [-0.3, -0.25) is 4.79 Å². The molecule has 1 unspecified atom stereocenters. The van der Waals surface area contributed by atoms with Crippen molar-refractivity contribution in [3.05, 3.63) is 0 Å². The molecule has 3 heteroatoms. The number of carbonyl (C=O) groups excluding carboxylic acids is 1. The largest absolute Gasteiger partial charge is 0.342 e. The molecule has 14 heavy (non-hydrogen) atoms. The third-order valence-corrected chi connectivity index (χ3v) is 2.78. The molecular weight excluding hydrogens is 176 g/mol. The monoisotopic (exact) mass is 198 g/mol. The maximum absolute atomic E-state index is 11.7. The van der Waals surface area contributed by atoms with Crippen LogP contribution >= 0.6 is 0 Å². The first kappa shape index (κ1) is 11.5. The van der Waals surface area contributed by atoms with Crippen molar-refractivity contribution < 1.29 is 4.79 Å². The van der Waals surface area contributed by atoms with E-state index in [9.17, 15) is 4.79 Å². The van der Waals surface area contributed by atoms with E-state index in [0.29, 0.717) is 18.2 Å². The fraction of sp³-hybridized carbons (Fsp3) is 0.909. The summed E-state index contributed by atoms with van der Waals surface area (Å²) in [6, 6.07) is 0. The zero-order valence-corrected chi connectivity index (χ0v) is 9.38. The number of hydrogen-bond donors (Lipinski definition) is 1. The third kappa shape index (κ3) is 3.66. The van der Waals surface area contributed by atoms with E-state index in [1.807, 2.05) is 4.90 Å². The van der Waals surface area contributed by atoms with Gasteiger partial charge in [0.2, 0.25) is 5.91 Å². The van der Waals surface area contributed by atoms with Crippen LogP contribution in [0.5, 0.6) is 0 Å². The lowest BCUT2D eigenvalue weighted by Gasteiger charge is -2.31. The van der Waals surface area contributed by atoms with Crippen molar-refractivity contribution in [1.82, 2.24) is 10.2 Å². The van der Waals surface area contributed by atoms with E-state index in [1.54, 1.807) is 0 Å². The summed E-state index contributed by atoms with van der Waals surface area (Å²) in [4.78, 5) is 13.7. The van der Waals surface area contributed by atoms with Crippen LogP contribution in [0, 0.1) is 5.92 Å². The summed E-state index contributed by atoms with van der Waals surface area (Å²) in [5, 5.41) is 3.18. The predicted molar refractivity (Wildman–Crippen MR) is 58.1 cm³/mol. The van der Waals surface area contributed by atoms with Gasteiger partial charge in [-0.2, -0.15) is 0 Å². The number of nitrogens with zero attached hydrogens (tertiary/aromatic N) is 1. The van der Waals surface area contributed by atoms with Gasteiger partial charge in [-0.05, 0) is 25.3 Å². The van der Waals surface area contributed by atoms with Gasteiger partial charge in [-0.15, -0.1) is 0 Å². The van der Waals surface area contributed by atoms with Gasteiger partial charge >= 0.3 is 0 Å². The number of rotatable bonds is 4. The predicted octanol–water partition coefficient (Wildman–Crippen LogP) is 1.24. The molecule has 1 amide bonds. The molecule has 0 aliphatic carbocycles. The Hall–Kier alpha value is -0.570. The Balaban J connectivity index is 2.22. The number of nitrogens with one attached hydrogen (secondary N) is 1. The van der Waals surface area contributed by atoms with Crippen LogP contribution in [0.3, 0.4) is 0 Å². The van der Waals surface area contributed by atoms with Crippen LogP contribution in [-0.2, 0) is 4.79 Å². The summed E-state index contributed by atoms with van der Waals surface area (Å²) in [6.45, 7) is 7.99. The van der Waals surface area contributed by atoms with E-state index in [0.717, 1.165) is 26.2 Å². The number of carbonyl (C=O) groups is 1. The molecule has 1 atom stereocenters. The molecule has 0 bridgehead atoms. The molecule has 0 saturated carbocycles. The van der Waals surface area contributed by atoms with Crippen LogP contribution in [-0.4, -0.2) is 37.0 Å². The summed E-state index contributed by atoms with van der Waals surface area (Å²) < 4.78 is 0. The van der Waals surface area contributed by atoms with E-state index < -0.39 is 0 Å². The number of amides is 1. The maximum atomic E-state index is 11.7. The minimum Gasteiger partial charge on any atom is -0.342 e. The van der Waals surface area contributed by atoms with Crippen molar-refractivity contribution in [2.45, 2.75) is 33.1 Å². The van der Waals surface area contributed by atoms with Crippen molar-refractivity contribution in [1.29, 1.82) is 0 Å². The zero-order valence-electron chi connectivity index (χ0n) is 9.38. The molecule has 82 valence electrons. The highest BCUT2D eigenvalue weighted by Crippen LogP contribution is 2.15. The molecule has 1 fully saturated rings. The van der Waals surface area contributed by atoms with Gasteiger partial charge in [0.1, 0.15) is 0 Å². The lowest BCUT2D eigenvalue weighted by Crippen LogP contribution is -2.40. The SMILES string of the molecule is CCNCCC(=O)N1CCCC(C)C1. The highest BCUT2D eigenvalue weighted by atomic mass is 16.2. The van der Waals surface area contributed by atoms with Crippen molar-refractivity contribution in [2.24, 2.45) is 5.92 Å². The molecule has 1 N–H and O–H groups in total. The standard InChI is InChI=1S/C11H22N2O/c1-3-12-7-6-11(14)13-8-4-5-10(2)9-13/h10,12H,3-9H2,1-2H3. The Morgan fingerprint density at radius 2 is 2.36 bits per heavy atom. The van der Waals surface area contributed by atoms with E-state index in [2.05, 4.69) is 19.2 Å². The third-order valence-electron chi connectivity index (χ3n) is 2.78. The lowest BCUT2D eigenvalue weighted by atomic mass is 10.00. The normalized spacial score (nSPS) is 22.4. The van der Waals surface area contributed by atoms with Crippen molar-refractivity contribution in [3.8, 4) is 0 Å². The maximum Gasteiger partial charge on any atom is 0.223 e. The van der Waals surface area contributed by atoms with Crippen molar-refractivity contribution >= 4 is 5.91 Å². The molecule has 1 rings (SSSR count).